The fraction of sp³-hybridized carbons (Fsp3) is 0.519. The molecule has 210 valence electrons. The van der Waals surface area contributed by atoms with E-state index in [0.717, 1.165) is 44.3 Å². The predicted molar refractivity (Wildman–Crippen MR) is 143 cm³/mol. The molecule has 1 amide bonds. The van der Waals surface area contributed by atoms with Gasteiger partial charge in [0.2, 0.25) is 11.8 Å². The molecule has 1 saturated carbocycles. The number of esters is 1. The van der Waals surface area contributed by atoms with Gasteiger partial charge in [0.15, 0.2) is 11.6 Å². The highest BCUT2D eigenvalue weighted by Crippen LogP contribution is 2.41. The van der Waals surface area contributed by atoms with Crippen molar-refractivity contribution in [2.24, 2.45) is 11.8 Å². The lowest BCUT2D eigenvalue weighted by atomic mass is 9.82. The van der Waals surface area contributed by atoms with Crippen molar-refractivity contribution in [1.29, 1.82) is 0 Å². The second-order valence-electron chi connectivity index (χ2n) is 10.0. The number of hydrogen-bond acceptors (Lipinski definition) is 5. The highest BCUT2D eigenvalue weighted by Gasteiger charge is 2.37. The molecule has 1 aromatic carbocycles. The van der Waals surface area contributed by atoms with Gasteiger partial charge in [-0.15, -0.1) is 0 Å². The van der Waals surface area contributed by atoms with Crippen LogP contribution in [0.25, 0.3) is 0 Å². The molecule has 3 rings (SSSR count). The summed E-state index contributed by atoms with van der Waals surface area (Å²) in [5, 5.41) is 0.190. The molecule has 12 heteroatoms. The fourth-order valence-corrected chi connectivity index (χ4v) is 4.97. The Labute approximate surface area is 235 Å². The average molecular weight is 613 g/mol. The third-order valence-electron chi connectivity index (χ3n) is 6.81. The molecular weight excluding hydrogens is 583 g/mol. The second-order valence-corrected chi connectivity index (χ2v) is 10.7. The highest BCUT2D eigenvalue weighted by molar-refractivity contribution is 9.09. The van der Waals surface area contributed by atoms with Gasteiger partial charge in [-0.25, -0.2) is 14.2 Å². The molecule has 1 fully saturated rings. The van der Waals surface area contributed by atoms with Crippen molar-refractivity contribution >= 4 is 41.3 Å². The van der Waals surface area contributed by atoms with Crippen LogP contribution >= 0.6 is 15.9 Å². The number of benzene rings is 1. The van der Waals surface area contributed by atoms with Crippen LogP contribution in [0.15, 0.2) is 24.4 Å². The lowest BCUT2D eigenvalue weighted by molar-refractivity contribution is -0.139. The Bertz CT molecular complexity index is 1200. The highest BCUT2D eigenvalue weighted by atomic mass is 79.9. The lowest BCUT2D eigenvalue weighted by Gasteiger charge is -2.34. The number of amides is 1. The van der Waals surface area contributed by atoms with Gasteiger partial charge in [-0.1, -0.05) is 22.9 Å². The Kier molecular flexibility index (Phi) is 10.1. The molecule has 1 heterocycles. The SMILES string of the molecule is [B]C(CBr)c1cnc(Oc2cc(C(=O)OC)c(N(C(=O)C3CCC(C)CC3)C(C)C)cc2F)c(C(F)(F)F)c1. The maximum absolute atomic E-state index is 15.4. The summed E-state index contributed by atoms with van der Waals surface area (Å²) in [5.74, 6) is -4.40. The first kappa shape index (κ1) is 30.9. The number of pyridine rings is 1. The molecule has 0 N–H and O–H groups in total. The fourth-order valence-electron chi connectivity index (χ4n) is 4.60. The van der Waals surface area contributed by atoms with E-state index in [2.05, 4.69) is 27.8 Å². The molecule has 0 bridgehead atoms. The van der Waals surface area contributed by atoms with E-state index >= 15 is 4.39 Å². The minimum atomic E-state index is -4.88. The van der Waals surface area contributed by atoms with Gasteiger partial charge in [0.1, 0.15) is 5.56 Å². The third kappa shape index (κ3) is 7.12. The van der Waals surface area contributed by atoms with Crippen molar-refractivity contribution in [2.75, 3.05) is 17.3 Å². The minimum absolute atomic E-state index is 0.0482. The van der Waals surface area contributed by atoms with Crippen molar-refractivity contribution in [2.45, 2.75) is 64.5 Å². The summed E-state index contributed by atoms with van der Waals surface area (Å²) in [5.41, 5.74) is -1.44. The first-order valence-electron chi connectivity index (χ1n) is 12.6. The van der Waals surface area contributed by atoms with E-state index in [1.54, 1.807) is 13.8 Å². The molecule has 1 aliphatic carbocycles. The molecule has 1 aliphatic rings. The molecule has 0 spiro atoms. The quantitative estimate of drug-likeness (QED) is 0.139. The molecular formula is C27H30BBrF4N2O4. The Balaban J connectivity index is 2.08. The Morgan fingerprint density at radius 1 is 1.18 bits per heavy atom. The number of carbonyl (C=O) groups is 2. The number of nitrogens with zero attached hydrogens (tertiary/aromatic N) is 2. The van der Waals surface area contributed by atoms with E-state index in [4.69, 9.17) is 17.3 Å². The van der Waals surface area contributed by atoms with Crippen LogP contribution in [0, 0.1) is 17.7 Å². The van der Waals surface area contributed by atoms with Crippen LogP contribution in [0.1, 0.15) is 73.8 Å². The van der Waals surface area contributed by atoms with Crippen molar-refractivity contribution in [3.05, 3.63) is 46.9 Å². The average Bonchev–Trinajstić information content (AvgIpc) is 2.88. The topological polar surface area (TPSA) is 68.7 Å². The zero-order valence-corrected chi connectivity index (χ0v) is 23.7. The summed E-state index contributed by atoms with van der Waals surface area (Å²) in [7, 11) is 6.92. The monoisotopic (exact) mass is 612 g/mol. The Morgan fingerprint density at radius 2 is 1.82 bits per heavy atom. The summed E-state index contributed by atoms with van der Waals surface area (Å²) < 4.78 is 67.0. The Hall–Kier alpha value is -2.63. The second kappa shape index (κ2) is 12.7. The number of halogens is 5. The van der Waals surface area contributed by atoms with E-state index in [0.29, 0.717) is 18.8 Å². The molecule has 1 atom stereocenters. The smallest absolute Gasteiger partial charge is 0.421 e. The largest absolute Gasteiger partial charge is 0.465 e. The van der Waals surface area contributed by atoms with Crippen molar-refractivity contribution in [3.63, 3.8) is 0 Å². The number of hydrogen-bond donors (Lipinski definition) is 0. The van der Waals surface area contributed by atoms with Crippen LogP contribution in [-0.4, -0.2) is 43.2 Å². The van der Waals surface area contributed by atoms with Crippen LogP contribution in [0.4, 0.5) is 23.2 Å². The van der Waals surface area contributed by atoms with Crippen LogP contribution in [0.5, 0.6) is 11.6 Å². The van der Waals surface area contributed by atoms with Gasteiger partial charge in [-0.05, 0) is 62.9 Å². The normalized spacial score (nSPS) is 18.5. The van der Waals surface area contributed by atoms with E-state index in [9.17, 15) is 22.8 Å². The van der Waals surface area contributed by atoms with Gasteiger partial charge in [0.25, 0.3) is 0 Å². The first-order valence-corrected chi connectivity index (χ1v) is 13.7. The maximum Gasteiger partial charge on any atom is 0.421 e. The molecule has 0 saturated heterocycles. The number of carbonyl (C=O) groups excluding carboxylic acids is 2. The van der Waals surface area contributed by atoms with Crippen molar-refractivity contribution in [3.8, 4) is 11.6 Å². The molecule has 2 aromatic rings. The first-order chi connectivity index (χ1) is 18.3. The number of ether oxygens (including phenoxy) is 2. The summed E-state index contributed by atoms with van der Waals surface area (Å²) in [4.78, 5) is 31.4. The molecule has 1 unspecified atom stereocenters. The molecule has 1 aromatic heterocycles. The van der Waals surface area contributed by atoms with Gasteiger partial charge < -0.3 is 14.4 Å². The minimum Gasteiger partial charge on any atom is -0.465 e. The summed E-state index contributed by atoms with van der Waals surface area (Å²) in [6.45, 7) is 5.57. The number of alkyl halides is 4. The summed E-state index contributed by atoms with van der Waals surface area (Å²) in [6.07, 6.45) is -0.691. The third-order valence-corrected chi connectivity index (χ3v) is 7.51. The Morgan fingerprint density at radius 3 is 2.36 bits per heavy atom. The predicted octanol–water partition coefficient (Wildman–Crippen LogP) is 6.99. The van der Waals surface area contributed by atoms with Gasteiger partial charge in [-0.2, -0.15) is 13.2 Å². The number of anilines is 1. The molecule has 2 radical (unpaired) electrons. The van der Waals surface area contributed by atoms with Gasteiger partial charge in [0.05, 0.1) is 26.2 Å². The molecule has 39 heavy (non-hydrogen) atoms. The van der Waals surface area contributed by atoms with Crippen LogP contribution in [-0.2, 0) is 15.7 Å². The van der Waals surface area contributed by atoms with Gasteiger partial charge in [-0.3, -0.25) is 4.79 Å². The van der Waals surface area contributed by atoms with E-state index in [1.165, 1.54) is 4.90 Å². The number of methoxy groups -OCH3 is 1. The van der Waals surface area contributed by atoms with Crippen molar-refractivity contribution in [1.82, 2.24) is 4.98 Å². The van der Waals surface area contributed by atoms with Crippen LogP contribution < -0.4 is 9.64 Å². The van der Waals surface area contributed by atoms with Gasteiger partial charge >= 0.3 is 12.1 Å². The van der Waals surface area contributed by atoms with E-state index < -0.39 is 47.0 Å². The number of aromatic nitrogens is 1. The lowest BCUT2D eigenvalue weighted by Crippen LogP contribution is -2.43. The van der Waals surface area contributed by atoms with E-state index in [1.807, 2.05) is 0 Å². The maximum atomic E-state index is 15.4. The number of rotatable bonds is 8. The van der Waals surface area contributed by atoms with E-state index in [-0.39, 0.29) is 34.0 Å². The molecule has 0 aliphatic heterocycles. The van der Waals surface area contributed by atoms with Crippen LogP contribution in [0.2, 0.25) is 0 Å². The standard InChI is InChI=1S/C27H30BBrF4N2O4/c1-14(2)35(25(36)16-7-5-15(3)6-8-16)22-11-21(30)23(10-18(22)26(37)38-4)39-24-19(27(31,32)33)9-17(13-34-24)20(28)12-29/h9-11,13-16,20H,5-8,12H2,1-4H3. The van der Waals surface area contributed by atoms with Gasteiger partial charge in [0, 0.05) is 35.6 Å². The zero-order valence-electron chi connectivity index (χ0n) is 22.1. The zero-order chi connectivity index (χ0) is 29.1. The van der Waals surface area contributed by atoms with Crippen molar-refractivity contribution < 1.29 is 36.6 Å². The summed E-state index contributed by atoms with van der Waals surface area (Å²) >= 11 is 3.12. The molecule has 6 nitrogen and oxygen atoms in total. The summed E-state index contributed by atoms with van der Waals surface area (Å²) in [6, 6.07) is 2.18. The van der Waals surface area contributed by atoms with Crippen LogP contribution in [0.3, 0.4) is 0 Å².